The fraction of sp³-hybridized carbons (Fsp3) is 0.556. The summed E-state index contributed by atoms with van der Waals surface area (Å²) in [6, 6.07) is 0. The van der Waals surface area contributed by atoms with E-state index in [9.17, 15) is 9.36 Å². The van der Waals surface area contributed by atoms with Crippen molar-refractivity contribution in [2.75, 3.05) is 0 Å². The summed E-state index contributed by atoms with van der Waals surface area (Å²) in [6.45, 7) is 7.64. The first-order valence-corrected chi connectivity index (χ1v) is 8.47. The van der Waals surface area contributed by atoms with Crippen LogP contribution in [0.4, 0.5) is 0 Å². The van der Waals surface area contributed by atoms with Crippen LogP contribution in [0.15, 0.2) is 13.6 Å². The van der Waals surface area contributed by atoms with Crippen molar-refractivity contribution in [1.82, 2.24) is 0 Å². The molecule has 0 aliphatic carbocycles. The molecule has 1 aromatic heterocycles. The van der Waals surface area contributed by atoms with Gasteiger partial charge >= 0.3 is 89.3 Å². The quantitative estimate of drug-likeness (QED) is 0.592. The molecule has 0 aromatic carbocycles. The Balaban J connectivity index is 3.18. The molecule has 0 fully saturated rings. The normalized spacial score (nSPS) is 13.3. The second-order valence-corrected chi connectivity index (χ2v) is 9.41. The van der Waals surface area contributed by atoms with Gasteiger partial charge in [-0.05, 0) is 0 Å². The van der Waals surface area contributed by atoms with Crippen LogP contribution >= 0.6 is 7.92 Å². The fourth-order valence-electron chi connectivity index (χ4n) is 1.29. The minimum atomic E-state index is -1.93. The number of hydrogen-bond acceptors (Lipinski definition) is 4. The zero-order chi connectivity index (χ0) is 11.6. The Bertz CT molecular complexity index is 507. The Morgan fingerprint density at radius 1 is 1.40 bits per heavy atom. The van der Waals surface area contributed by atoms with Crippen LogP contribution in [0.25, 0.3) is 0 Å². The Hall–Kier alpha value is -0.763. The van der Waals surface area contributed by atoms with E-state index < -0.39 is 13.9 Å². The molecule has 0 aliphatic heterocycles. The first-order valence-electron chi connectivity index (χ1n) is 4.58. The van der Waals surface area contributed by atoms with Gasteiger partial charge in [0.1, 0.15) is 0 Å². The van der Waals surface area contributed by atoms with Crippen molar-refractivity contribution in [3.63, 3.8) is 0 Å². The predicted octanol–water partition coefficient (Wildman–Crippen LogP) is 2.68. The van der Waals surface area contributed by atoms with Crippen molar-refractivity contribution in [3.05, 3.63) is 22.1 Å². The van der Waals surface area contributed by atoms with Crippen LogP contribution in [0.3, 0.4) is 0 Å². The second kappa shape index (κ2) is 4.39. The van der Waals surface area contributed by atoms with Crippen LogP contribution in [0, 0.1) is 12.2 Å². The van der Waals surface area contributed by atoms with Crippen molar-refractivity contribution in [1.29, 1.82) is 0 Å². The molecule has 0 aliphatic rings. The van der Waals surface area contributed by atoms with Crippen LogP contribution in [-0.2, 0) is 4.57 Å². The van der Waals surface area contributed by atoms with Gasteiger partial charge < -0.3 is 0 Å². The minimum absolute atomic E-state index is 0.0189. The third kappa shape index (κ3) is 2.62. The average Bonchev–Trinajstić information content (AvgIpc) is 2.43. The van der Waals surface area contributed by atoms with Gasteiger partial charge in [-0.1, -0.05) is 0 Å². The molecule has 1 unspecified atom stereocenters. The van der Waals surface area contributed by atoms with Gasteiger partial charge in [0.05, 0.1) is 0 Å². The van der Waals surface area contributed by atoms with Gasteiger partial charge in [-0.3, -0.25) is 0 Å². The molecule has 0 N–H and O–H groups in total. The van der Waals surface area contributed by atoms with E-state index in [0.29, 0.717) is 11.5 Å². The van der Waals surface area contributed by atoms with E-state index in [0.717, 1.165) is 0 Å². The number of rotatable bonds is 2. The Morgan fingerprint density at radius 3 is 2.40 bits per heavy atom. The molecule has 0 bridgehead atoms. The maximum absolute atomic E-state index is 10.9. The summed E-state index contributed by atoms with van der Waals surface area (Å²) >= 11 is 0. The Morgan fingerprint density at radius 2 is 2.00 bits per heavy atom. The van der Waals surface area contributed by atoms with Crippen molar-refractivity contribution < 1.29 is 13.4 Å². The molecule has 1 heterocycles. The molecule has 0 spiro atoms. The Labute approximate surface area is 89.8 Å². The summed E-state index contributed by atoms with van der Waals surface area (Å²) < 4.78 is 20.3. The zero-order valence-electron chi connectivity index (χ0n) is 9.16. The molecule has 82 valence electrons. The molecule has 0 saturated heterocycles. The summed E-state index contributed by atoms with van der Waals surface area (Å²) in [7, 11) is -2.02. The van der Waals surface area contributed by atoms with Crippen molar-refractivity contribution in [2.45, 2.75) is 32.5 Å². The van der Waals surface area contributed by atoms with Crippen molar-refractivity contribution in [3.8, 4) is 5.25 Å². The molecule has 0 radical (unpaired) electrons. The van der Waals surface area contributed by atoms with Gasteiger partial charge in [0.25, 0.3) is 0 Å². The molecular weight excluding hydrogens is 231 g/mol. The fourth-order valence-corrected chi connectivity index (χ4v) is 3.93. The molecule has 1 aromatic rings. The van der Waals surface area contributed by atoms with Crippen molar-refractivity contribution in [2.24, 2.45) is 0 Å². The van der Waals surface area contributed by atoms with E-state index in [1.165, 1.54) is 0 Å². The SMILES string of the molecule is Cc1oc(=O)oc1C(C)[Si](C)(C)C#P=O. The standard InChI is InChI=1S/C9H13O4PSi/c1-6-8(13-9(10)12-6)7(2)15(3,4)5-14-11/h7H,1-4H3. The van der Waals surface area contributed by atoms with Crippen LogP contribution in [0.5, 0.6) is 0 Å². The molecule has 0 amide bonds. The first kappa shape index (κ1) is 12.3. The predicted molar refractivity (Wildman–Crippen MR) is 59.4 cm³/mol. The van der Waals surface area contributed by atoms with Crippen LogP contribution < -0.4 is 5.82 Å². The summed E-state index contributed by atoms with van der Waals surface area (Å²) in [6.07, 6.45) is 0. The summed E-state index contributed by atoms with van der Waals surface area (Å²) in [5, 5.41) is 2.91. The summed E-state index contributed by atoms with van der Waals surface area (Å²) in [5.74, 6) is 0.365. The van der Waals surface area contributed by atoms with E-state index in [4.69, 9.17) is 8.83 Å². The van der Waals surface area contributed by atoms with Gasteiger partial charge in [-0.25, -0.2) is 0 Å². The molecule has 4 nitrogen and oxygen atoms in total. The zero-order valence-corrected chi connectivity index (χ0v) is 11.1. The third-order valence-corrected chi connectivity index (χ3v) is 7.68. The number of hydrogen-bond donors (Lipinski definition) is 0. The third-order valence-electron chi connectivity index (χ3n) is 2.59. The molecule has 0 saturated carbocycles. The first-order chi connectivity index (χ1) is 6.88. The molecule has 1 rings (SSSR count). The van der Waals surface area contributed by atoms with E-state index in [1.807, 2.05) is 20.0 Å². The van der Waals surface area contributed by atoms with E-state index in [-0.39, 0.29) is 13.5 Å². The molecular formula is C9H13O4PSi. The molecule has 6 heteroatoms. The number of aryl methyl sites for hydroxylation is 1. The van der Waals surface area contributed by atoms with E-state index in [2.05, 4.69) is 5.25 Å². The molecule has 1 atom stereocenters. The van der Waals surface area contributed by atoms with Gasteiger partial charge in [-0.15, -0.1) is 0 Å². The van der Waals surface area contributed by atoms with Gasteiger partial charge in [-0.2, -0.15) is 0 Å². The second-order valence-electron chi connectivity index (χ2n) is 4.02. The Kier molecular flexibility index (Phi) is 3.61. The average molecular weight is 244 g/mol. The van der Waals surface area contributed by atoms with Gasteiger partial charge in [0, 0.05) is 0 Å². The van der Waals surface area contributed by atoms with Crippen LogP contribution in [0.1, 0.15) is 24.0 Å². The van der Waals surface area contributed by atoms with Gasteiger partial charge in [0.2, 0.25) is 0 Å². The van der Waals surface area contributed by atoms with Crippen molar-refractivity contribution >= 4 is 16.0 Å². The molecule has 15 heavy (non-hydrogen) atoms. The van der Waals surface area contributed by atoms with Gasteiger partial charge in [0.15, 0.2) is 0 Å². The van der Waals surface area contributed by atoms with Crippen LogP contribution in [-0.4, -0.2) is 8.07 Å². The van der Waals surface area contributed by atoms with E-state index in [1.54, 1.807) is 6.92 Å². The monoisotopic (exact) mass is 244 g/mol. The van der Waals surface area contributed by atoms with Crippen LogP contribution in [0.2, 0.25) is 13.1 Å². The topological polar surface area (TPSA) is 60.4 Å². The summed E-state index contributed by atoms with van der Waals surface area (Å²) in [5.41, 5.74) is 0.0189. The summed E-state index contributed by atoms with van der Waals surface area (Å²) in [4.78, 5) is 10.9. The van der Waals surface area contributed by atoms with E-state index >= 15 is 0 Å². The maximum atomic E-state index is 10.9.